The number of fused-ring (bicyclic) bond motifs is 1. The number of nitrogens with one attached hydrogen (secondary N) is 1. The molecule has 0 aliphatic carbocycles. The van der Waals surface area contributed by atoms with Gasteiger partial charge in [-0.15, -0.1) is 0 Å². The van der Waals surface area contributed by atoms with Gasteiger partial charge in [0, 0.05) is 23.7 Å². The van der Waals surface area contributed by atoms with Crippen molar-refractivity contribution in [2.75, 3.05) is 25.0 Å². The SMILES string of the molecule is Cc1ccc(=O)n(Cc2ccc3c(c2)NC(=O)C3)n1.Cc1ccc(C(=O)CCCCN2CCCCC2)cc1. The molecule has 0 bridgehead atoms. The average Bonchev–Trinajstić information content (AvgIpc) is 3.29. The molecule has 3 aromatic rings. The molecule has 1 amide bonds. The molecule has 0 radical (unpaired) electrons. The first-order valence-electron chi connectivity index (χ1n) is 13.7. The summed E-state index contributed by atoms with van der Waals surface area (Å²) in [6.07, 6.45) is 7.38. The molecule has 5 rings (SSSR count). The Hall–Kier alpha value is -3.58. The summed E-state index contributed by atoms with van der Waals surface area (Å²) >= 11 is 0. The van der Waals surface area contributed by atoms with Crippen LogP contribution >= 0.6 is 0 Å². The molecule has 1 saturated heterocycles. The van der Waals surface area contributed by atoms with Gasteiger partial charge in [0.1, 0.15) is 0 Å². The lowest BCUT2D eigenvalue weighted by molar-refractivity contribution is -0.115. The highest BCUT2D eigenvalue weighted by Gasteiger charge is 2.17. The summed E-state index contributed by atoms with van der Waals surface area (Å²) in [5, 5.41) is 7.00. The molecular formula is C31H38N4O3. The Balaban J connectivity index is 0.000000177. The number of nitrogens with zero attached hydrogens (tertiary/aromatic N) is 3. The summed E-state index contributed by atoms with van der Waals surface area (Å²) in [4.78, 5) is 37.5. The van der Waals surface area contributed by atoms with E-state index in [9.17, 15) is 14.4 Å². The second kappa shape index (κ2) is 13.3. The number of piperidine rings is 1. The summed E-state index contributed by atoms with van der Waals surface area (Å²) in [5.74, 6) is 0.302. The van der Waals surface area contributed by atoms with Crippen LogP contribution in [0.1, 0.15) is 71.3 Å². The van der Waals surface area contributed by atoms with Crippen LogP contribution in [0.5, 0.6) is 0 Å². The van der Waals surface area contributed by atoms with E-state index in [1.807, 2.05) is 56.3 Å². The van der Waals surface area contributed by atoms with Gasteiger partial charge in [-0.05, 0) is 82.4 Å². The van der Waals surface area contributed by atoms with Gasteiger partial charge in [0.05, 0.1) is 18.7 Å². The fourth-order valence-electron chi connectivity index (χ4n) is 4.88. The second-order valence-corrected chi connectivity index (χ2v) is 10.3. The van der Waals surface area contributed by atoms with Crippen molar-refractivity contribution in [1.29, 1.82) is 0 Å². The number of aryl methyl sites for hydroxylation is 2. The van der Waals surface area contributed by atoms with Gasteiger partial charge < -0.3 is 10.2 Å². The van der Waals surface area contributed by atoms with Crippen LogP contribution in [0, 0.1) is 13.8 Å². The van der Waals surface area contributed by atoms with Crippen molar-refractivity contribution < 1.29 is 9.59 Å². The van der Waals surface area contributed by atoms with Crippen LogP contribution in [0.4, 0.5) is 5.69 Å². The van der Waals surface area contributed by atoms with Crippen LogP contribution in [0.15, 0.2) is 59.4 Å². The quantitative estimate of drug-likeness (QED) is 0.340. The zero-order valence-corrected chi connectivity index (χ0v) is 22.5. The number of benzene rings is 2. The summed E-state index contributed by atoms with van der Waals surface area (Å²) in [7, 11) is 0. The fraction of sp³-hybridized carbons (Fsp3) is 0.419. The summed E-state index contributed by atoms with van der Waals surface area (Å²) in [6, 6.07) is 16.9. The van der Waals surface area contributed by atoms with Crippen LogP contribution in [0.2, 0.25) is 0 Å². The Kier molecular flexibility index (Phi) is 9.60. The number of unbranched alkanes of at least 4 members (excludes halogenated alkanes) is 1. The standard InChI is InChI=1S/C17H25NO.C14H13N3O2/c1-15-8-10-16(11-9-15)17(19)7-3-6-14-18-12-4-2-5-13-18;1-9-2-5-14(19)17(16-9)8-10-3-4-11-7-13(18)15-12(11)6-10/h8-11H,2-7,12-14H2,1H3;2-6H,7-8H2,1H3,(H,15,18). The fourth-order valence-corrected chi connectivity index (χ4v) is 4.88. The van der Waals surface area contributed by atoms with Crippen molar-refractivity contribution in [2.45, 2.75) is 65.3 Å². The van der Waals surface area contributed by atoms with Gasteiger partial charge in [0.15, 0.2) is 5.78 Å². The zero-order chi connectivity index (χ0) is 26.9. The predicted molar refractivity (Wildman–Crippen MR) is 151 cm³/mol. The van der Waals surface area contributed by atoms with E-state index in [2.05, 4.69) is 15.3 Å². The highest BCUT2D eigenvalue weighted by atomic mass is 16.2. The molecule has 7 heteroatoms. The lowest BCUT2D eigenvalue weighted by Crippen LogP contribution is -2.30. The smallest absolute Gasteiger partial charge is 0.267 e. The van der Waals surface area contributed by atoms with Crippen molar-refractivity contribution in [3.8, 4) is 0 Å². The number of hydrogen-bond donors (Lipinski definition) is 1. The minimum Gasteiger partial charge on any atom is -0.326 e. The van der Waals surface area contributed by atoms with E-state index in [0.29, 0.717) is 25.2 Å². The molecular weight excluding hydrogens is 476 g/mol. The van der Waals surface area contributed by atoms with Gasteiger partial charge in [-0.25, -0.2) is 4.68 Å². The van der Waals surface area contributed by atoms with E-state index in [-0.39, 0.29) is 11.5 Å². The van der Waals surface area contributed by atoms with E-state index < -0.39 is 0 Å². The molecule has 1 fully saturated rings. The van der Waals surface area contributed by atoms with Gasteiger partial charge in [-0.2, -0.15) is 5.10 Å². The number of amides is 1. The third-order valence-corrected chi connectivity index (χ3v) is 7.08. The van der Waals surface area contributed by atoms with E-state index in [1.165, 1.54) is 55.2 Å². The highest BCUT2D eigenvalue weighted by Crippen LogP contribution is 2.24. The summed E-state index contributed by atoms with van der Waals surface area (Å²) in [5.41, 5.74) is 5.53. The number of Topliss-reactive ketones (excluding diaryl/α,β-unsaturated/α-hetero) is 1. The Morgan fingerprint density at radius 1 is 0.921 bits per heavy atom. The largest absolute Gasteiger partial charge is 0.326 e. The Bertz CT molecular complexity index is 1310. The molecule has 2 aliphatic rings. The lowest BCUT2D eigenvalue weighted by Gasteiger charge is -2.26. The van der Waals surface area contributed by atoms with Gasteiger partial charge in [0.25, 0.3) is 5.56 Å². The van der Waals surface area contributed by atoms with Crippen molar-refractivity contribution in [1.82, 2.24) is 14.7 Å². The molecule has 200 valence electrons. The van der Waals surface area contributed by atoms with E-state index in [0.717, 1.165) is 40.9 Å². The number of rotatable bonds is 8. The molecule has 38 heavy (non-hydrogen) atoms. The van der Waals surface area contributed by atoms with Crippen molar-refractivity contribution in [2.24, 2.45) is 0 Å². The van der Waals surface area contributed by atoms with Crippen molar-refractivity contribution >= 4 is 17.4 Å². The topological polar surface area (TPSA) is 84.3 Å². The molecule has 0 unspecified atom stereocenters. The Morgan fingerprint density at radius 3 is 2.45 bits per heavy atom. The van der Waals surface area contributed by atoms with E-state index >= 15 is 0 Å². The van der Waals surface area contributed by atoms with Crippen LogP contribution in [-0.2, 0) is 17.8 Å². The van der Waals surface area contributed by atoms with Crippen LogP contribution in [0.25, 0.3) is 0 Å². The first-order chi connectivity index (χ1) is 18.4. The molecule has 1 aromatic heterocycles. The first kappa shape index (κ1) is 27.5. The van der Waals surface area contributed by atoms with Crippen LogP contribution in [-0.4, -0.2) is 46.0 Å². The van der Waals surface area contributed by atoms with E-state index in [4.69, 9.17) is 0 Å². The average molecular weight is 515 g/mol. The first-order valence-corrected chi connectivity index (χ1v) is 13.7. The number of hydrogen-bond acceptors (Lipinski definition) is 5. The Morgan fingerprint density at radius 2 is 1.68 bits per heavy atom. The number of likely N-dealkylation sites (tertiary alicyclic amines) is 1. The maximum atomic E-state index is 12.0. The molecule has 1 N–H and O–H groups in total. The van der Waals surface area contributed by atoms with Crippen LogP contribution < -0.4 is 10.9 Å². The molecule has 0 spiro atoms. The summed E-state index contributed by atoms with van der Waals surface area (Å²) in [6.45, 7) is 7.98. The van der Waals surface area contributed by atoms with Gasteiger partial charge in [-0.3, -0.25) is 14.4 Å². The summed E-state index contributed by atoms with van der Waals surface area (Å²) < 4.78 is 1.42. The number of aromatic nitrogens is 2. The third kappa shape index (κ3) is 7.96. The number of ketones is 1. The number of anilines is 1. The van der Waals surface area contributed by atoms with Crippen molar-refractivity contribution in [3.05, 3.63) is 92.9 Å². The van der Waals surface area contributed by atoms with Crippen molar-refractivity contribution in [3.63, 3.8) is 0 Å². The zero-order valence-electron chi connectivity index (χ0n) is 22.5. The minimum atomic E-state index is -0.130. The maximum Gasteiger partial charge on any atom is 0.267 e. The number of carbonyl (C=O) groups is 2. The predicted octanol–water partition coefficient (Wildman–Crippen LogP) is 4.93. The third-order valence-electron chi connectivity index (χ3n) is 7.08. The molecule has 7 nitrogen and oxygen atoms in total. The molecule has 0 saturated carbocycles. The number of carbonyl (C=O) groups excluding carboxylic acids is 2. The molecule has 2 aliphatic heterocycles. The van der Waals surface area contributed by atoms with Gasteiger partial charge >= 0.3 is 0 Å². The molecule has 2 aromatic carbocycles. The monoisotopic (exact) mass is 514 g/mol. The highest BCUT2D eigenvalue weighted by molar-refractivity contribution is 5.99. The van der Waals surface area contributed by atoms with Gasteiger partial charge in [-0.1, -0.05) is 48.4 Å². The van der Waals surface area contributed by atoms with Crippen LogP contribution in [0.3, 0.4) is 0 Å². The lowest BCUT2D eigenvalue weighted by atomic mass is 10.0. The second-order valence-electron chi connectivity index (χ2n) is 10.3. The van der Waals surface area contributed by atoms with E-state index in [1.54, 1.807) is 6.07 Å². The molecule has 0 atom stereocenters. The molecule has 3 heterocycles. The maximum absolute atomic E-state index is 12.0. The normalized spacial score (nSPS) is 14.8. The van der Waals surface area contributed by atoms with Gasteiger partial charge in [0.2, 0.25) is 5.91 Å². The Labute approximate surface area is 224 Å². The minimum absolute atomic E-state index is 0.0120.